The van der Waals surface area contributed by atoms with E-state index in [0.717, 1.165) is 12.8 Å². The summed E-state index contributed by atoms with van der Waals surface area (Å²) in [6, 6.07) is 53.9. The van der Waals surface area contributed by atoms with Gasteiger partial charge in [-0.2, -0.15) is 0 Å². The number of benzene rings is 7. The number of fused-ring (bicyclic) bond motifs is 9. The van der Waals surface area contributed by atoms with Crippen molar-refractivity contribution in [3.8, 4) is 55.6 Å². The Morgan fingerprint density at radius 2 is 0.673 bits per heavy atom. The van der Waals surface area contributed by atoms with Crippen LogP contribution in [0.1, 0.15) is 98.0 Å². The molecule has 0 bridgehead atoms. The van der Waals surface area contributed by atoms with Gasteiger partial charge in [0.1, 0.15) is 0 Å². The maximum Gasteiger partial charge on any atom is 0.0159 e. The molecule has 270 valence electrons. The standard InChI is InChI=1S/C55H50/c1-34-15-17-35(18-16-34)11-10-12-36-19-24-42-44-26-21-38(31-50(44)54(4,5)48(42)29-36)40-23-28-46-45-27-22-39(32-51(45)55(6,7)52(46)33-40)37-20-25-43-41-13-8-9-14-47(41)53(2,3)49(43)30-37/h8-9,13-33H,10-12H2,1-7H3. The summed E-state index contributed by atoms with van der Waals surface area (Å²) in [7, 11) is 0. The topological polar surface area (TPSA) is 0 Å². The van der Waals surface area contributed by atoms with Gasteiger partial charge < -0.3 is 0 Å². The van der Waals surface area contributed by atoms with Gasteiger partial charge in [0.25, 0.3) is 0 Å². The van der Waals surface area contributed by atoms with E-state index >= 15 is 0 Å². The van der Waals surface area contributed by atoms with Crippen molar-refractivity contribution >= 4 is 0 Å². The normalized spacial score (nSPS) is 15.8. The van der Waals surface area contributed by atoms with Crippen LogP contribution in [0.15, 0.2) is 140 Å². The minimum atomic E-state index is -0.106. The third kappa shape index (κ3) is 5.17. The van der Waals surface area contributed by atoms with Crippen LogP contribution in [0, 0.1) is 6.92 Å². The zero-order chi connectivity index (χ0) is 37.9. The van der Waals surface area contributed by atoms with Crippen molar-refractivity contribution in [2.75, 3.05) is 0 Å². The molecule has 0 saturated heterocycles. The molecule has 0 atom stereocenters. The van der Waals surface area contributed by atoms with E-state index < -0.39 is 0 Å². The Bertz CT molecular complexity index is 2690. The highest BCUT2D eigenvalue weighted by molar-refractivity contribution is 5.89. The monoisotopic (exact) mass is 710 g/mol. The van der Waals surface area contributed by atoms with E-state index in [2.05, 4.69) is 188 Å². The van der Waals surface area contributed by atoms with Crippen molar-refractivity contribution in [1.82, 2.24) is 0 Å². The highest BCUT2D eigenvalue weighted by Crippen LogP contribution is 2.54. The van der Waals surface area contributed by atoms with E-state index in [1.807, 2.05) is 0 Å². The molecule has 0 N–H and O–H groups in total. The first-order valence-electron chi connectivity index (χ1n) is 20.3. The fourth-order valence-electron chi connectivity index (χ4n) is 10.4. The fraction of sp³-hybridized carbons (Fsp3) is 0.236. The summed E-state index contributed by atoms with van der Waals surface area (Å²) >= 11 is 0. The molecule has 0 unspecified atom stereocenters. The Kier molecular flexibility index (Phi) is 7.44. The Labute approximate surface area is 328 Å². The quantitative estimate of drug-likeness (QED) is 0.161. The Hall–Kier alpha value is -5.46. The first kappa shape index (κ1) is 34.1. The van der Waals surface area contributed by atoms with Crippen molar-refractivity contribution in [2.24, 2.45) is 0 Å². The lowest BCUT2D eigenvalue weighted by Crippen LogP contribution is -2.16. The smallest absolute Gasteiger partial charge is 0.0159 e. The van der Waals surface area contributed by atoms with Crippen LogP contribution in [0.25, 0.3) is 55.6 Å². The molecule has 10 rings (SSSR count). The lowest BCUT2D eigenvalue weighted by molar-refractivity contribution is 0.658. The van der Waals surface area contributed by atoms with E-state index in [4.69, 9.17) is 0 Å². The average molecular weight is 711 g/mol. The van der Waals surface area contributed by atoms with Crippen LogP contribution in [0.4, 0.5) is 0 Å². The van der Waals surface area contributed by atoms with Gasteiger partial charge in [-0.3, -0.25) is 0 Å². The maximum absolute atomic E-state index is 2.50. The van der Waals surface area contributed by atoms with E-state index in [0.29, 0.717) is 0 Å². The third-order valence-corrected chi connectivity index (χ3v) is 13.7. The van der Waals surface area contributed by atoms with Crippen LogP contribution in [0.2, 0.25) is 0 Å². The summed E-state index contributed by atoms with van der Waals surface area (Å²) < 4.78 is 0. The second-order valence-corrected chi connectivity index (χ2v) is 18.2. The van der Waals surface area contributed by atoms with E-state index in [1.54, 1.807) is 0 Å². The molecule has 0 fully saturated rings. The molecule has 0 aliphatic heterocycles. The van der Waals surface area contributed by atoms with Gasteiger partial charge in [0, 0.05) is 16.2 Å². The molecule has 0 spiro atoms. The highest BCUT2D eigenvalue weighted by Gasteiger charge is 2.39. The van der Waals surface area contributed by atoms with Crippen LogP contribution < -0.4 is 0 Å². The number of rotatable bonds is 6. The van der Waals surface area contributed by atoms with E-state index in [-0.39, 0.29) is 16.2 Å². The molecular weight excluding hydrogens is 661 g/mol. The molecule has 7 aromatic carbocycles. The summed E-state index contributed by atoms with van der Waals surface area (Å²) in [6.07, 6.45) is 3.39. The number of hydrogen-bond acceptors (Lipinski definition) is 0. The van der Waals surface area contributed by atoms with Crippen molar-refractivity contribution in [1.29, 1.82) is 0 Å². The molecule has 0 saturated carbocycles. The predicted octanol–water partition coefficient (Wildman–Crippen LogP) is 14.4. The van der Waals surface area contributed by atoms with Gasteiger partial charge >= 0.3 is 0 Å². The van der Waals surface area contributed by atoms with Crippen LogP contribution in [0.5, 0.6) is 0 Å². The third-order valence-electron chi connectivity index (χ3n) is 13.7. The molecule has 3 aliphatic carbocycles. The minimum absolute atomic E-state index is 0.00880. The molecule has 55 heavy (non-hydrogen) atoms. The first-order chi connectivity index (χ1) is 26.4. The van der Waals surface area contributed by atoms with E-state index in [1.165, 1.54) is 112 Å². The minimum Gasteiger partial charge on any atom is -0.0619 e. The molecule has 3 aliphatic rings. The summed E-state index contributed by atoms with van der Waals surface area (Å²) in [6.45, 7) is 16.5. The second kappa shape index (κ2) is 12.0. The van der Waals surface area contributed by atoms with Gasteiger partial charge in [-0.15, -0.1) is 0 Å². The van der Waals surface area contributed by atoms with Gasteiger partial charge in [0.15, 0.2) is 0 Å². The summed E-state index contributed by atoms with van der Waals surface area (Å²) in [5.41, 5.74) is 26.1. The van der Waals surface area contributed by atoms with Gasteiger partial charge in [0.05, 0.1) is 0 Å². The van der Waals surface area contributed by atoms with Gasteiger partial charge in [-0.1, -0.05) is 162 Å². The zero-order valence-corrected chi connectivity index (χ0v) is 33.4. The summed E-state index contributed by atoms with van der Waals surface area (Å²) in [5, 5.41) is 0. The van der Waals surface area contributed by atoms with Crippen molar-refractivity contribution in [2.45, 2.75) is 84.0 Å². The Morgan fingerprint density at radius 3 is 1.15 bits per heavy atom. The van der Waals surface area contributed by atoms with Crippen LogP contribution in [-0.2, 0) is 29.1 Å². The second-order valence-electron chi connectivity index (χ2n) is 18.2. The first-order valence-corrected chi connectivity index (χ1v) is 20.3. The molecule has 0 nitrogen and oxygen atoms in total. The molecule has 0 aromatic heterocycles. The van der Waals surface area contributed by atoms with Crippen molar-refractivity contribution in [3.63, 3.8) is 0 Å². The van der Waals surface area contributed by atoms with Crippen LogP contribution in [0.3, 0.4) is 0 Å². The average Bonchev–Trinajstić information content (AvgIpc) is 3.67. The largest absolute Gasteiger partial charge is 0.0619 e. The number of aryl methyl sites for hydroxylation is 3. The molecule has 7 aromatic rings. The lowest BCUT2D eigenvalue weighted by Gasteiger charge is -2.24. The summed E-state index contributed by atoms with van der Waals surface area (Å²) in [5.74, 6) is 0. The molecule has 0 radical (unpaired) electrons. The lowest BCUT2D eigenvalue weighted by atomic mass is 9.79. The van der Waals surface area contributed by atoms with Crippen molar-refractivity contribution < 1.29 is 0 Å². The van der Waals surface area contributed by atoms with Gasteiger partial charge in [-0.25, -0.2) is 0 Å². The van der Waals surface area contributed by atoms with Crippen LogP contribution >= 0.6 is 0 Å². The number of hydrogen-bond donors (Lipinski definition) is 0. The highest BCUT2D eigenvalue weighted by atomic mass is 14.4. The molecule has 0 heteroatoms. The molecule has 0 amide bonds. The molecule has 0 heterocycles. The zero-order valence-electron chi connectivity index (χ0n) is 33.4. The summed E-state index contributed by atoms with van der Waals surface area (Å²) in [4.78, 5) is 0. The SMILES string of the molecule is Cc1ccc(CCCc2ccc3c(c2)C(C)(C)c2cc(-c4ccc5c(c4)C(C)(C)c4cc(-c6ccc7c(c6)C(C)(C)c6ccccc6-7)ccc4-5)ccc2-3)cc1. The Balaban J connectivity index is 0.929. The van der Waals surface area contributed by atoms with Gasteiger partial charge in [0.2, 0.25) is 0 Å². The van der Waals surface area contributed by atoms with Crippen LogP contribution in [-0.4, -0.2) is 0 Å². The predicted molar refractivity (Wildman–Crippen MR) is 233 cm³/mol. The van der Waals surface area contributed by atoms with Crippen molar-refractivity contribution in [3.05, 3.63) is 190 Å². The Morgan fingerprint density at radius 1 is 0.327 bits per heavy atom. The van der Waals surface area contributed by atoms with E-state index in [9.17, 15) is 0 Å². The molecular formula is C55H50. The fourth-order valence-corrected chi connectivity index (χ4v) is 10.4. The van der Waals surface area contributed by atoms with Gasteiger partial charge in [-0.05, 0) is 151 Å². The maximum atomic E-state index is 2.50.